The molecule has 2 bridgehead atoms. The van der Waals surface area contributed by atoms with Crippen molar-refractivity contribution >= 4 is 0 Å². The predicted octanol–water partition coefficient (Wildman–Crippen LogP) is 1.62. The molecule has 102 valence electrons. The standard InChI is InChI=1S/C16H17N3O/c20-16-7-13(12-1-3-17-4-2-12)6-15-14-5-11(8-18-9-14)10-19(15)16/h1-4,6-7,11,14,18H,5,8-10H2/t11-,14+/m0/s1. The Morgan fingerprint density at radius 2 is 2.00 bits per heavy atom. The highest BCUT2D eigenvalue weighted by atomic mass is 16.1. The summed E-state index contributed by atoms with van der Waals surface area (Å²) in [5, 5.41) is 3.48. The maximum atomic E-state index is 12.4. The van der Waals surface area contributed by atoms with Crippen LogP contribution in [-0.4, -0.2) is 22.6 Å². The highest BCUT2D eigenvalue weighted by Crippen LogP contribution is 2.33. The van der Waals surface area contributed by atoms with Crippen LogP contribution < -0.4 is 10.9 Å². The number of nitrogens with one attached hydrogen (secondary N) is 1. The Kier molecular flexibility index (Phi) is 2.70. The average molecular weight is 267 g/mol. The van der Waals surface area contributed by atoms with Crippen LogP contribution >= 0.6 is 0 Å². The smallest absolute Gasteiger partial charge is 0.251 e. The number of aromatic nitrogens is 2. The zero-order valence-corrected chi connectivity index (χ0v) is 11.2. The lowest BCUT2D eigenvalue weighted by Gasteiger charge is -2.37. The lowest BCUT2D eigenvalue weighted by molar-refractivity contribution is 0.257. The second-order valence-corrected chi connectivity index (χ2v) is 5.81. The van der Waals surface area contributed by atoms with Crippen LogP contribution in [0.2, 0.25) is 0 Å². The van der Waals surface area contributed by atoms with Crippen LogP contribution in [0.25, 0.3) is 11.1 Å². The van der Waals surface area contributed by atoms with Gasteiger partial charge in [0.15, 0.2) is 0 Å². The van der Waals surface area contributed by atoms with E-state index in [0.29, 0.717) is 11.8 Å². The molecule has 2 aliphatic heterocycles. The van der Waals surface area contributed by atoms with E-state index in [0.717, 1.165) is 30.8 Å². The molecule has 2 aliphatic rings. The van der Waals surface area contributed by atoms with E-state index in [2.05, 4.69) is 16.4 Å². The molecule has 0 saturated carbocycles. The van der Waals surface area contributed by atoms with E-state index in [1.165, 1.54) is 12.1 Å². The van der Waals surface area contributed by atoms with Gasteiger partial charge in [0.25, 0.3) is 5.56 Å². The fourth-order valence-electron chi connectivity index (χ4n) is 3.52. The SMILES string of the molecule is O=c1cc(-c2ccncc2)cc2n1C[C@@H]1CNC[C@H]2C1. The summed E-state index contributed by atoms with van der Waals surface area (Å²) in [5.74, 6) is 1.07. The summed E-state index contributed by atoms with van der Waals surface area (Å²) >= 11 is 0. The number of fused-ring (bicyclic) bond motifs is 4. The van der Waals surface area contributed by atoms with E-state index in [1.807, 2.05) is 16.7 Å². The molecule has 2 atom stereocenters. The summed E-state index contributed by atoms with van der Waals surface area (Å²) in [6.07, 6.45) is 4.74. The summed E-state index contributed by atoms with van der Waals surface area (Å²) in [6, 6.07) is 7.85. The molecule has 4 rings (SSSR count). The number of piperidine rings is 1. The van der Waals surface area contributed by atoms with E-state index in [1.54, 1.807) is 18.5 Å². The molecule has 20 heavy (non-hydrogen) atoms. The molecule has 1 fully saturated rings. The van der Waals surface area contributed by atoms with Crippen LogP contribution in [0, 0.1) is 5.92 Å². The van der Waals surface area contributed by atoms with Crippen LogP contribution in [0.3, 0.4) is 0 Å². The molecule has 2 aromatic rings. The van der Waals surface area contributed by atoms with E-state index < -0.39 is 0 Å². The summed E-state index contributed by atoms with van der Waals surface area (Å²) in [7, 11) is 0. The van der Waals surface area contributed by atoms with Gasteiger partial charge in [0, 0.05) is 43.2 Å². The van der Waals surface area contributed by atoms with Crippen molar-refractivity contribution in [3.63, 3.8) is 0 Å². The number of rotatable bonds is 1. The Morgan fingerprint density at radius 3 is 2.85 bits per heavy atom. The summed E-state index contributed by atoms with van der Waals surface area (Å²) in [5.41, 5.74) is 3.39. The first-order valence-corrected chi connectivity index (χ1v) is 7.17. The van der Waals surface area contributed by atoms with Crippen LogP contribution in [-0.2, 0) is 6.54 Å². The van der Waals surface area contributed by atoms with Crippen LogP contribution in [0.4, 0.5) is 0 Å². The Labute approximate surface area is 117 Å². The van der Waals surface area contributed by atoms with Crippen molar-refractivity contribution in [2.75, 3.05) is 13.1 Å². The van der Waals surface area contributed by atoms with Gasteiger partial charge < -0.3 is 9.88 Å². The van der Waals surface area contributed by atoms with Crippen LogP contribution in [0.5, 0.6) is 0 Å². The molecular weight excluding hydrogens is 250 g/mol. The van der Waals surface area contributed by atoms with Gasteiger partial charge in [0.1, 0.15) is 0 Å². The lowest BCUT2D eigenvalue weighted by atomic mass is 9.83. The molecule has 4 heteroatoms. The van der Waals surface area contributed by atoms with Crippen molar-refractivity contribution in [3.8, 4) is 11.1 Å². The molecule has 0 unspecified atom stereocenters. The second-order valence-electron chi connectivity index (χ2n) is 5.81. The first-order valence-electron chi connectivity index (χ1n) is 7.17. The zero-order valence-electron chi connectivity index (χ0n) is 11.2. The van der Waals surface area contributed by atoms with Gasteiger partial charge in [-0.15, -0.1) is 0 Å². The van der Waals surface area contributed by atoms with Crippen molar-refractivity contribution in [2.24, 2.45) is 5.92 Å². The Bertz CT molecular complexity index is 693. The Morgan fingerprint density at radius 1 is 1.15 bits per heavy atom. The number of hydrogen-bond donors (Lipinski definition) is 1. The van der Waals surface area contributed by atoms with Gasteiger partial charge in [-0.2, -0.15) is 0 Å². The number of pyridine rings is 2. The molecule has 0 amide bonds. The van der Waals surface area contributed by atoms with Crippen molar-refractivity contribution in [2.45, 2.75) is 18.9 Å². The maximum Gasteiger partial charge on any atom is 0.251 e. The third-order valence-electron chi connectivity index (χ3n) is 4.47. The molecule has 1 N–H and O–H groups in total. The largest absolute Gasteiger partial charge is 0.316 e. The normalized spacial score (nSPS) is 24.2. The minimum atomic E-state index is 0.130. The average Bonchev–Trinajstić information content (AvgIpc) is 2.49. The van der Waals surface area contributed by atoms with Gasteiger partial charge in [-0.25, -0.2) is 0 Å². The molecule has 1 saturated heterocycles. The Hall–Kier alpha value is -1.94. The minimum Gasteiger partial charge on any atom is -0.316 e. The monoisotopic (exact) mass is 267 g/mol. The van der Waals surface area contributed by atoms with Crippen molar-refractivity contribution in [1.29, 1.82) is 0 Å². The third kappa shape index (κ3) is 1.88. The van der Waals surface area contributed by atoms with Crippen LogP contribution in [0.1, 0.15) is 18.0 Å². The highest BCUT2D eigenvalue weighted by molar-refractivity contribution is 5.63. The molecule has 2 aromatic heterocycles. The quantitative estimate of drug-likeness (QED) is 0.854. The van der Waals surface area contributed by atoms with Gasteiger partial charge in [0.2, 0.25) is 0 Å². The summed E-state index contributed by atoms with van der Waals surface area (Å²) in [6.45, 7) is 2.87. The van der Waals surface area contributed by atoms with Crippen molar-refractivity contribution < 1.29 is 0 Å². The van der Waals surface area contributed by atoms with E-state index in [9.17, 15) is 4.79 Å². The molecule has 0 radical (unpaired) electrons. The first kappa shape index (κ1) is 11.9. The van der Waals surface area contributed by atoms with E-state index in [-0.39, 0.29) is 5.56 Å². The number of nitrogens with zero attached hydrogens (tertiary/aromatic N) is 2. The molecule has 0 spiro atoms. The lowest BCUT2D eigenvalue weighted by Crippen LogP contribution is -2.44. The summed E-state index contributed by atoms with van der Waals surface area (Å²) in [4.78, 5) is 16.5. The van der Waals surface area contributed by atoms with Gasteiger partial charge in [-0.1, -0.05) is 0 Å². The van der Waals surface area contributed by atoms with E-state index in [4.69, 9.17) is 0 Å². The molecule has 4 nitrogen and oxygen atoms in total. The van der Waals surface area contributed by atoms with Crippen molar-refractivity contribution in [1.82, 2.24) is 14.9 Å². The van der Waals surface area contributed by atoms with Gasteiger partial charge >= 0.3 is 0 Å². The van der Waals surface area contributed by atoms with Gasteiger partial charge in [0.05, 0.1) is 0 Å². The third-order valence-corrected chi connectivity index (χ3v) is 4.47. The zero-order chi connectivity index (χ0) is 13.5. The fraction of sp³-hybridized carbons (Fsp3) is 0.375. The minimum absolute atomic E-state index is 0.130. The topological polar surface area (TPSA) is 46.9 Å². The summed E-state index contributed by atoms with van der Waals surface area (Å²) < 4.78 is 1.98. The van der Waals surface area contributed by atoms with Gasteiger partial charge in [-0.3, -0.25) is 9.78 Å². The van der Waals surface area contributed by atoms with Gasteiger partial charge in [-0.05, 0) is 48.2 Å². The highest BCUT2D eigenvalue weighted by Gasteiger charge is 2.31. The molecule has 0 aliphatic carbocycles. The second kappa shape index (κ2) is 4.56. The fourth-order valence-corrected chi connectivity index (χ4v) is 3.52. The molecule has 0 aromatic carbocycles. The molecular formula is C16H17N3O. The predicted molar refractivity (Wildman–Crippen MR) is 77.7 cm³/mol. The number of hydrogen-bond acceptors (Lipinski definition) is 3. The first-order chi connectivity index (χ1) is 9.81. The maximum absolute atomic E-state index is 12.4. The van der Waals surface area contributed by atoms with E-state index >= 15 is 0 Å². The van der Waals surface area contributed by atoms with Crippen molar-refractivity contribution in [3.05, 3.63) is 52.7 Å². The molecule has 4 heterocycles. The Balaban J connectivity index is 1.86. The van der Waals surface area contributed by atoms with Crippen LogP contribution in [0.15, 0.2) is 41.5 Å².